The molecule has 0 unspecified atom stereocenters. The van der Waals surface area contributed by atoms with E-state index < -0.39 is 0 Å². The molecule has 0 saturated carbocycles. The molecule has 0 fully saturated rings. The van der Waals surface area contributed by atoms with Crippen LogP contribution in [0.4, 0.5) is 0 Å². The number of rotatable bonds is 6. The van der Waals surface area contributed by atoms with E-state index in [1.165, 1.54) is 4.68 Å². The molecule has 0 saturated heterocycles. The molecule has 0 aliphatic carbocycles. The van der Waals surface area contributed by atoms with Crippen molar-refractivity contribution >= 4 is 5.91 Å². The lowest BCUT2D eigenvalue weighted by Gasteiger charge is -2.08. The van der Waals surface area contributed by atoms with Crippen molar-refractivity contribution in [3.8, 4) is 5.75 Å². The number of ether oxygens (including phenoxy) is 1. The van der Waals surface area contributed by atoms with Gasteiger partial charge in [-0.1, -0.05) is 23.4 Å². The van der Waals surface area contributed by atoms with Gasteiger partial charge in [0.2, 0.25) is 0 Å². The van der Waals surface area contributed by atoms with Gasteiger partial charge in [-0.2, -0.15) is 0 Å². The maximum absolute atomic E-state index is 11.9. The quantitative estimate of drug-likeness (QED) is 0.784. The monoisotopic (exact) mass is 275 g/mol. The molecule has 0 aliphatic rings. The maximum Gasteiger partial charge on any atom is 0.273 e. The number of benzene rings is 1. The Morgan fingerprint density at radius 1 is 1.45 bits per heavy atom. The summed E-state index contributed by atoms with van der Waals surface area (Å²) in [6, 6.07) is 7.51. The van der Waals surface area contributed by atoms with Gasteiger partial charge in [-0.05, 0) is 6.07 Å². The second-order valence-corrected chi connectivity index (χ2v) is 4.15. The van der Waals surface area contributed by atoms with Crippen LogP contribution < -0.4 is 15.8 Å². The van der Waals surface area contributed by atoms with Gasteiger partial charge in [0.25, 0.3) is 5.91 Å². The Balaban J connectivity index is 1.97. The second-order valence-electron chi connectivity index (χ2n) is 4.15. The lowest BCUT2D eigenvalue weighted by Crippen LogP contribution is -2.23. The molecular formula is C13H17N5O2. The van der Waals surface area contributed by atoms with Crippen molar-refractivity contribution in [3.05, 3.63) is 41.7 Å². The molecule has 0 atom stereocenters. The summed E-state index contributed by atoms with van der Waals surface area (Å²) in [6.07, 6.45) is 1.57. The van der Waals surface area contributed by atoms with Gasteiger partial charge in [-0.15, -0.1) is 5.10 Å². The molecule has 20 heavy (non-hydrogen) atoms. The molecule has 7 nitrogen and oxygen atoms in total. The van der Waals surface area contributed by atoms with E-state index in [0.717, 1.165) is 11.3 Å². The Bertz CT molecular complexity index is 582. The summed E-state index contributed by atoms with van der Waals surface area (Å²) in [6.45, 7) is 1.35. The van der Waals surface area contributed by atoms with Crippen LogP contribution in [-0.2, 0) is 13.1 Å². The van der Waals surface area contributed by atoms with E-state index in [0.29, 0.717) is 19.6 Å². The Kier molecular flexibility index (Phi) is 4.67. The number of methoxy groups -OCH3 is 1. The molecule has 1 aromatic heterocycles. The molecule has 106 valence electrons. The SMILES string of the molecule is COc1ccccc1CNC(=O)c1cn(CCN)nn1. The van der Waals surface area contributed by atoms with Gasteiger partial charge in [-0.3, -0.25) is 9.48 Å². The number of nitrogens with two attached hydrogens (primary N) is 1. The van der Waals surface area contributed by atoms with Crippen LogP contribution in [0.15, 0.2) is 30.5 Å². The highest BCUT2D eigenvalue weighted by molar-refractivity contribution is 5.91. The van der Waals surface area contributed by atoms with Crippen molar-refractivity contribution in [2.75, 3.05) is 13.7 Å². The van der Waals surface area contributed by atoms with Crippen LogP contribution in [0.3, 0.4) is 0 Å². The third kappa shape index (κ3) is 3.33. The van der Waals surface area contributed by atoms with Crippen molar-refractivity contribution in [1.29, 1.82) is 0 Å². The van der Waals surface area contributed by atoms with Crippen LogP contribution in [0.2, 0.25) is 0 Å². The number of nitrogens with zero attached hydrogens (tertiary/aromatic N) is 3. The van der Waals surface area contributed by atoms with Gasteiger partial charge in [0.05, 0.1) is 19.9 Å². The van der Waals surface area contributed by atoms with Crippen molar-refractivity contribution < 1.29 is 9.53 Å². The summed E-state index contributed by atoms with van der Waals surface area (Å²) in [5.41, 5.74) is 6.58. The van der Waals surface area contributed by atoms with Crippen molar-refractivity contribution in [2.45, 2.75) is 13.1 Å². The molecule has 0 radical (unpaired) electrons. The summed E-state index contributed by atoms with van der Waals surface area (Å²) >= 11 is 0. The molecule has 3 N–H and O–H groups in total. The molecule has 0 spiro atoms. The molecule has 1 amide bonds. The normalized spacial score (nSPS) is 10.3. The summed E-state index contributed by atoms with van der Waals surface area (Å²) < 4.78 is 6.76. The Morgan fingerprint density at radius 2 is 2.25 bits per heavy atom. The highest BCUT2D eigenvalue weighted by Gasteiger charge is 2.11. The van der Waals surface area contributed by atoms with Crippen LogP contribution in [0, 0.1) is 0 Å². The van der Waals surface area contributed by atoms with Gasteiger partial charge in [0.15, 0.2) is 5.69 Å². The number of carbonyl (C=O) groups is 1. The zero-order valence-corrected chi connectivity index (χ0v) is 11.2. The average Bonchev–Trinajstić information content (AvgIpc) is 2.94. The van der Waals surface area contributed by atoms with Crippen LogP contribution in [0.1, 0.15) is 16.1 Å². The minimum atomic E-state index is -0.279. The smallest absolute Gasteiger partial charge is 0.273 e. The van der Waals surface area contributed by atoms with Gasteiger partial charge in [0, 0.05) is 18.7 Å². The summed E-state index contributed by atoms with van der Waals surface area (Å²) in [4.78, 5) is 11.9. The van der Waals surface area contributed by atoms with E-state index in [-0.39, 0.29) is 11.6 Å². The van der Waals surface area contributed by atoms with E-state index in [2.05, 4.69) is 15.6 Å². The highest BCUT2D eigenvalue weighted by Crippen LogP contribution is 2.16. The molecule has 0 aliphatic heterocycles. The van der Waals surface area contributed by atoms with Gasteiger partial charge >= 0.3 is 0 Å². The number of nitrogens with one attached hydrogen (secondary N) is 1. The minimum absolute atomic E-state index is 0.272. The summed E-state index contributed by atoms with van der Waals surface area (Å²) in [5, 5.41) is 10.4. The molecule has 7 heteroatoms. The molecule has 2 rings (SSSR count). The predicted octanol–water partition coefficient (Wildman–Crippen LogP) is 0.175. The van der Waals surface area contributed by atoms with E-state index in [4.69, 9.17) is 10.5 Å². The fraction of sp³-hybridized carbons (Fsp3) is 0.308. The van der Waals surface area contributed by atoms with E-state index in [1.54, 1.807) is 13.3 Å². The van der Waals surface area contributed by atoms with Crippen molar-refractivity contribution in [1.82, 2.24) is 20.3 Å². The van der Waals surface area contributed by atoms with E-state index in [1.807, 2.05) is 24.3 Å². The fourth-order valence-electron chi connectivity index (χ4n) is 1.76. The number of carbonyl (C=O) groups excluding carboxylic acids is 1. The number of aromatic nitrogens is 3. The van der Waals surface area contributed by atoms with Crippen LogP contribution in [0.5, 0.6) is 5.75 Å². The van der Waals surface area contributed by atoms with Gasteiger partial charge in [0.1, 0.15) is 5.75 Å². The van der Waals surface area contributed by atoms with Crippen molar-refractivity contribution in [2.24, 2.45) is 5.73 Å². The first-order valence-corrected chi connectivity index (χ1v) is 6.25. The van der Waals surface area contributed by atoms with E-state index in [9.17, 15) is 4.79 Å². The molecule has 2 aromatic rings. The average molecular weight is 275 g/mol. The van der Waals surface area contributed by atoms with Crippen LogP contribution >= 0.6 is 0 Å². The van der Waals surface area contributed by atoms with Crippen LogP contribution in [0.25, 0.3) is 0 Å². The zero-order valence-electron chi connectivity index (χ0n) is 11.2. The first-order chi connectivity index (χ1) is 9.74. The lowest BCUT2D eigenvalue weighted by atomic mass is 10.2. The second kappa shape index (κ2) is 6.67. The fourth-order valence-corrected chi connectivity index (χ4v) is 1.76. The highest BCUT2D eigenvalue weighted by atomic mass is 16.5. The topological polar surface area (TPSA) is 95.1 Å². The largest absolute Gasteiger partial charge is 0.496 e. The van der Waals surface area contributed by atoms with E-state index >= 15 is 0 Å². The standard InChI is InChI=1S/C13H17N5O2/c1-20-12-5-3-2-4-10(12)8-15-13(19)11-9-18(7-6-14)17-16-11/h2-5,9H,6-8,14H2,1H3,(H,15,19). The number of hydrogen-bond donors (Lipinski definition) is 2. The Morgan fingerprint density at radius 3 is 3.00 bits per heavy atom. The summed E-state index contributed by atoms with van der Waals surface area (Å²) in [5.74, 6) is 0.457. The number of para-hydroxylation sites is 1. The Hall–Kier alpha value is -2.41. The minimum Gasteiger partial charge on any atom is -0.496 e. The number of hydrogen-bond acceptors (Lipinski definition) is 5. The molecular weight excluding hydrogens is 258 g/mol. The number of amides is 1. The third-order valence-corrected chi connectivity index (χ3v) is 2.76. The van der Waals surface area contributed by atoms with Crippen LogP contribution in [-0.4, -0.2) is 34.6 Å². The first-order valence-electron chi connectivity index (χ1n) is 6.25. The predicted molar refractivity (Wildman–Crippen MR) is 73.2 cm³/mol. The zero-order chi connectivity index (χ0) is 14.4. The van der Waals surface area contributed by atoms with Gasteiger partial charge < -0.3 is 15.8 Å². The lowest BCUT2D eigenvalue weighted by molar-refractivity contribution is 0.0945. The molecule has 0 bridgehead atoms. The Labute approximate surface area is 116 Å². The molecule has 1 heterocycles. The van der Waals surface area contributed by atoms with Gasteiger partial charge in [-0.25, -0.2) is 0 Å². The molecule has 1 aromatic carbocycles. The maximum atomic E-state index is 11.9. The third-order valence-electron chi connectivity index (χ3n) is 2.76. The first kappa shape index (κ1) is 14.0. The van der Waals surface area contributed by atoms with Crippen molar-refractivity contribution in [3.63, 3.8) is 0 Å². The summed E-state index contributed by atoms with van der Waals surface area (Å²) in [7, 11) is 1.60.